The number of likely N-dealkylation sites (N-methyl/N-ethyl adjacent to an activating group) is 1. The van der Waals surface area contributed by atoms with Crippen LogP contribution in [0.4, 0.5) is 0 Å². The molecule has 2 N–H and O–H groups in total. The monoisotopic (exact) mass is 573 g/mol. The lowest BCUT2D eigenvalue weighted by atomic mass is 9.99. The summed E-state index contributed by atoms with van der Waals surface area (Å²) in [7, 11) is 3.60. The second-order valence-corrected chi connectivity index (χ2v) is 12.3. The largest absolute Gasteiger partial charge is 0.497 e. The number of hydrogen-bond acceptors (Lipinski definition) is 5. The molecule has 0 saturated heterocycles. The second kappa shape index (κ2) is 15.4. The summed E-state index contributed by atoms with van der Waals surface area (Å²) >= 11 is 0. The van der Waals surface area contributed by atoms with Gasteiger partial charge < -0.3 is 20.1 Å². The van der Waals surface area contributed by atoms with Gasteiger partial charge in [0.05, 0.1) is 13.2 Å². The zero-order valence-corrected chi connectivity index (χ0v) is 26.1. The van der Waals surface area contributed by atoms with Crippen LogP contribution >= 0.6 is 0 Å². The minimum Gasteiger partial charge on any atom is -0.497 e. The van der Waals surface area contributed by atoms with Gasteiger partial charge in [-0.05, 0) is 81.1 Å². The van der Waals surface area contributed by atoms with Crippen molar-refractivity contribution in [1.29, 1.82) is 0 Å². The average Bonchev–Trinajstić information content (AvgIpc) is 2.95. The molecule has 0 heterocycles. The molecule has 0 aliphatic rings. The van der Waals surface area contributed by atoms with Crippen LogP contribution in [-0.2, 0) is 29.2 Å². The van der Waals surface area contributed by atoms with Gasteiger partial charge in [0.15, 0.2) is 0 Å². The fraction of sp³-hybridized carbons (Fsp3) is 0.429. The van der Waals surface area contributed by atoms with E-state index in [1.807, 2.05) is 107 Å². The molecule has 0 aliphatic carbocycles. The Bertz CT molecular complexity index is 1250. The molecule has 0 bridgehead atoms. The Morgan fingerprint density at radius 2 is 1.40 bits per heavy atom. The van der Waals surface area contributed by atoms with E-state index in [0.29, 0.717) is 31.9 Å². The maximum Gasteiger partial charge on any atom is 0.243 e. The number of methoxy groups -OCH3 is 1. The Morgan fingerprint density at radius 1 is 0.810 bits per heavy atom. The van der Waals surface area contributed by atoms with Crippen LogP contribution in [0.5, 0.6) is 11.5 Å². The van der Waals surface area contributed by atoms with Gasteiger partial charge in [0.25, 0.3) is 0 Å². The van der Waals surface area contributed by atoms with E-state index in [1.54, 1.807) is 7.11 Å². The van der Waals surface area contributed by atoms with E-state index in [0.717, 1.165) is 28.2 Å². The van der Waals surface area contributed by atoms with Crippen LogP contribution in [0.15, 0.2) is 78.9 Å². The summed E-state index contributed by atoms with van der Waals surface area (Å²) in [5.41, 5.74) is 2.67. The molecule has 0 spiro atoms. The minimum atomic E-state index is -0.725. The van der Waals surface area contributed by atoms with E-state index in [9.17, 15) is 9.59 Å². The van der Waals surface area contributed by atoms with E-state index >= 15 is 0 Å². The van der Waals surface area contributed by atoms with E-state index < -0.39 is 17.6 Å². The van der Waals surface area contributed by atoms with Gasteiger partial charge in [-0.1, -0.05) is 68.4 Å². The van der Waals surface area contributed by atoms with Crippen LogP contribution in [-0.4, -0.2) is 48.5 Å². The van der Waals surface area contributed by atoms with Crippen molar-refractivity contribution in [2.75, 3.05) is 14.2 Å². The molecule has 0 aromatic heterocycles. The first-order valence-electron chi connectivity index (χ1n) is 14.6. The molecule has 3 rings (SSSR count). The summed E-state index contributed by atoms with van der Waals surface area (Å²) in [6, 6.07) is 24.4. The highest BCUT2D eigenvalue weighted by Crippen LogP contribution is 2.19. The first-order chi connectivity index (χ1) is 19.9. The number of amides is 2. The van der Waals surface area contributed by atoms with Gasteiger partial charge in [-0.3, -0.25) is 14.5 Å². The third-order valence-corrected chi connectivity index (χ3v) is 6.86. The van der Waals surface area contributed by atoms with Crippen LogP contribution < -0.4 is 20.1 Å². The van der Waals surface area contributed by atoms with Crippen LogP contribution in [0, 0.1) is 5.92 Å². The van der Waals surface area contributed by atoms with E-state index in [2.05, 4.69) is 29.4 Å². The van der Waals surface area contributed by atoms with Gasteiger partial charge in [-0.15, -0.1) is 0 Å². The van der Waals surface area contributed by atoms with Gasteiger partial charge in [0.1, 0.15) is 24.1 Å². The lowest BCUT2D eigenvalue weighted by Crippen LogP contribution is -2.56. The highest BCUT2D eigenvalue weighted by Gasteiger charge is 2.30. The average molecular weight is 574 g/mol. The van der Waals surface area contributed by atoms with Crippen LogP contribution in [0.1, 0.15) is 57.7 Å². The third kappa shape index (κ3) is 10.9. The van der Waals surface area contributed by atoms with E-state index in [1.165, 1.54) is 0 Å². The van der Waals surface area contributed by atoms with E-state index in [4.69, 9.17) is 9.47 Å². The first-order valence-corrected chi connectivity index (χ1v) is 14.6. The molecule has 2 atom stereocenters. The molecule has 0 unspecified atom stereocenters. The SMILES string of the molecule is COc1ccc(CN(C)[C@H](CC(C)C)C(=O)N[C@@H](Cc2ccc(OCc3ccccc3)cc2)C(=O)NC(C)(C)C)cc1. The highest BCUT2D eigenvalue weighted by atomic mass is 16.5. The molecule has 3 aromatic rings. The molecule has 7 heteroatoms. The Morgan fingerprint density at radius 3 is 1.98 bits per heavy atom. The lowest BCUT2D eigenvalue weighted by molar-refractivity contribution is -0.132. The second-order valence-electron chi connectivity index (χ2n) is 12.3. The summed E-state index contributed by atoms with van der Waals surface area (Å²) in [6.45, 7) is 11.1. The lowest BCUT2D eigenvalue weighted by Gasteiger charge is -2.31. The maximum absolute atomic E-state index is 13.8. The highest BCUT2D eigenvalue weighted by molar-refractivity contribution is 5.90. The van der Waals surface area contributed by atoms with Crippen molar-refractivity contribution in [3.8, 4) is 11.5 Å². The molecular weight excluding hydrogens is 526 g/mol. The van der Waals surface area contributed by atoms with Crippen molar-refractivity contribution in [2.45, 2.75) is 78.2 Å². The number of rotatable bonds is 14. The molecule has 0 saturated carbocycles. The molecule has 2 amide bonds. The van der Waals surface area contributed by atoms with Crippen molar-refractivity contribution < 1.29 is 19.1 Å². The summed E-state index contributed by atoms with van der Waals surface area (Å²) < 4.78 is 11.2. The van der Waals surface area contributed by atoms with Crippen molar-refractivity contribution in [3.63, 3.8) is 0 Å². The number of carbonyl (C=O) groups is 2. The molecule has 7 nitrogen and oxygen atoms in total. The minimum absolute atomic E-state index is 0.156. The first kappa shape index (κ1) is 32.7. The fourth-order valence-corrected chi connectivity index (χ4v) is 4.70. The van der Waals surface area contributed by atoms with Crippen LogP contribution in [0.3, 0.4) is 0 Å². The van der Waals surface area contributed by atoms with Crippen molar-refractivity contribution in [3.05, 3.63) is 95.6 Å². The van der Waals surface area contributed by atoms with Crippen molar-refractivity contribution in [1.82, 2.24) is 15.5 Å². The number of hydrogen-bond donors (Lipinski definition) is 2. The topological polar surface area (TPSA) is 79.9 Å². The molecule has 3 aromatic carbocycles. The quantitative estimate of drug-likeness (QED) is 0.256. The summed E-state index contributed by atoms with van der Waals surface area (Å²) in [6.07, 6.45) is 1.03. The zero-order valence-electron chi connectivity index (χ0n) is 26.1. The number of benzene rings is 3. The third-order valence-electron chi connectivity index (χ3n) is 6.86. The fourth-order valence-electron chi connectivity index (χ4n) is 4.70. The molecule has 42 heavy (non-hydrogen) atoms. The van der Waals surface area contributed by atoms with Gasteiger partial charge in [-0.25, -0.2) is 0 Å². The smallest absolute Gasteiger partial charge is 0.243 e. The maximum atomic E-state index is 13.8. The Labute approximate surface area is 251 Å². The Hall–Kier alpha value is -3.84. The van der Waals surface area contributed by atoms with Crippen molar-refractivity contribution in [2.24, 2.45) is 5.92 Å². The van der Waals surface area contributed by atoms with Gasteiger partial charge >= 0.3 is 0 Å². The Kier molecular flexibility index (Phi) is 12.0. The number of ether oxygens (including phenoxy) is 2. The predicted molar refractivity (Wildman–Crippen MR) is 168 cm³/mol. The van der Waals surface area contributed by atoms with Crippen LogP contribution in [0.2, 0.25) is 0 Å². The zero-order chi connectivity index (χ0) is 30.7. The van der Waals surface area contributed by atoms with Gasteiger partial charge in [-0.2, -0.15) is 0 Å². The molecule has 0 fully saturated rings. The van der Waals surface area contributed by atoms with Crippen molar-refractivity contribution >= 4 is 11.8 Å². The van der Waals surface area contributed by atoms with Gasteiger partial charge in [0, 0.05) is 18.5 Å². The Balaban J connectivity index is 1.73. The van der Waals surface area contributed by atoms with E-state index in [-0.39, 0.29) is 11.8 Å². The number of carbonyl (C=O) groups excluding carboxylic acids is 2. The summed E-state index contributed by atoms with van der Waals surface area (Å²) in [5, 5.41) is 6.15. The molecule has 226 valence electrons. The molecule has 0 radical (unpaired) electrons. The van der Waals surface area contributed by atoms with Gasteiger partial charge in [0.2, 0.25) is 11.8 Å². The van der Waals surface area contributed by atoms with Crippen LogP contribution in [0.25, 0.3) is 0 Å². The normalized spacial score (nSPS) is 13.0. The predicted octanol–water partition coefficient (Wildman–Crippen LogP) is 5.76. The summed E-state index contributed by atoms with van der Waals surface area (Å²) in [5.74, 6) is 1.48. The number of nitrogens with one attached hydrogen (secondary N) is 2. The molecule has 0 aliphatic heterocycles. The number of nitrogens with zero attached hydrogens (tertiary/aromatic N) is 1. The summed E-state index contributed by atoms with van der Waals surface area (Å²) in [4.78, 5) is 29.2. The standard InChI is InChI=1S/C35H47N3O4/c1-25(2)21-32(38(6)23-27-15-17-29(41-7)18-16-27)34(40)36-31(33(39)37-35(3,4)5)22-26-13-19-30(20-14-26)42-24-28-11-9-8-10-12-28/h8-20,25,31-32H,21-24H2,1-7H3,(H,36,40)(H,37,39)/t31-,32+/m0/s1. The molecular formula is C35H47N3O4.